The van der Waals surface area contributed by atoms with E-state index in [-0.39, 0.29) is 30.1 Å². The largest absolute Gasteiger partial charge is 0.481 e. The first-order valence-corrected chi connectivity index (χ1v) is 11.1. The number of aryl methyl sites for hydroxylation is 2. The number of aliphatic carboxylic acids is 1. The molecule has 1 aromatic heterocycles. The third kappa shape index (κ3) is 6.07. The number of oxime groups is 1. The first-order chi connectivity index (χ1) is 16.3. The van der Waals surface area contributed by atoms with Crippen LogP contribution in [-0.2, 0) is 11.8 Å². The predicted octanol–water partition coefficient (Wildman–Crippen LogP) is 4.53. The van der Waals surface area contributed by atoms with Crippen molar-refractivity contribution in [3.63, 3.8) is 0 Å². The van der Waals surface area contributed by atoms with Crippen molar-refractivity contribution in [2.24, 2.45) is 12.2 Å². The minimum atomic E-state index is -0.913. The van der Waals surface area contributed by atoms with Gasteiger partial charge in [0.15, 0.2) is 5.78 Å². The van der Waals surface area contributed by atoms with Crippen LogP contribution in [0.4, 0.5) is 0 Å². The maximum atomic E-state index is 12.4. The van der Waals surface area contributed by atoms with Gasteiger partial charge in [0.05, 0.1) is 5.71 Å². The zero-order valence-electron chi connectivity index (χ0n) is 19.3. The van der Waals surface area contributed by atoms with Crippen molar-refractivity contribution < 1.29 is 19.9 Å². The topological polar surface area (TPSA) is 109 Å². The molecule has 3 aromatic rings. The molecule has 0 aliphatic rings. The number of carbonyl (C=O) groups excluding carboxylic acids is 1. The Hall–Kier alpha value is -4.00. The smallest absolute Gasteiger partial charge is 0.303 e. The predicted molar refractivity (Wildman–Crippen MR) is 130 cm³/mol. The normalized spacial score (nSPS) is 12.4. The Morgan fingerprint density at radius 2 is 1.65 bits per heavy atom. The highest BCUT2D eigenvalue weighted by molar-refractivity contribution is 6.00. The Kier molecular flexibility index (Phi) is 8.14. The van der Waals surface area contributed by atoms with Gasteiger partial charge in [-0.25, -0.2) is 0 Å². The van der Waals surface area contributed by atoms with Crippen LogP contribution in [0.5, 0.6) is 0 Å². The molecule has 0 saturated heterocycles. The highest BCUT2D eigenvalue weighted by Crippen LogP contribution is 2.32. The molecule has 0 bridgehead atoms. The van der Waals surface area contributed by atoms with E-state index in [1.54, 1.807) is 31.4 Å². The van der Waals surface area contributed by atoms with Gasteiger partial charge in [0, 0.05) is 55.6 Å². The summed E-state index contributed by atoms with van der Waals surface area (Å²) >= 11 is 0. The lowest BCUT2D eigenvalue weighted by atomic mass is 9.83. The van der Waals surface area contributed by atoms with Crippen molar-refractivity contribution in [1.82, 2.24) is 4.57 Å². The SMILES string of the molecule is Cc1ccccc1C(C/C(=N\O)c1ccc(=O)n(C)c1)c1ccc(C(=O)CCCC(=O)O)cc1. The first kappa shape index (κ1) is 24.6. The summed E-state index contributed by atoms with van der Waals surface area (Å²) in [6, 6.07) is 18.3. The third-order valence-electron chi connectivity index (χ3n) is 5.93. The van der Waals surface area contributed by atoms with Crippen molar-refractivity contribution in [2.75, 3.05) is 0 Å². The van der Waals surface area contributed by atoms with Gasteiger partial charge in [0.1, 0.15) is 0 Å². The van der Waals surface area contributed by atoms with E-state index in [4.69, 9.17) is 5.11 Å². The van der Waals surface area contributed by atoms with E-state index in [9.17, 15) is 19.6 Å². The molecule has 2 N–H and O–H groups in total. The van der Waals surface area contributed by atoms with Gasteiger partial charge in [0.25, 0.3) is 0 Å². The number of hydrogen-bond acceptors (Lipinski definition) is 5. The Labute approximate surface area is 198 Å². The second-order valence-corrected chi connectivity index (χ2v) is 8.32. The van der Waals surface area contributed by atoms with Crippen molar-refractivity contribution in [3.05, 3.63) is 105 Å². The molecule has 7 heteroatoms. The highest BCUT2D eigenvalue weighted by atomic mass is 16.4. The van der Waals surface area contributed by atoms with Gasteiger partial charge < -0.3 is 14.9 Å². The summed E-state index contributed by atoms with van der Waals surface area (Å²) in [7, 11) is 1.64. The molecule has 1 unspecified atom stereocenters. The van der Waals surface area contributed by atoms with E-state index in [1.807, 2.05) is 43.3 Å². The van der Waals surface area contributed by atoms with Crippen LogP contribution >= 0.6 is 0 Å². The number of hydrogen-bond donors (Lipinski definition) is 2. The van der Waals surface area contributed by atoms with Crippen LogP contribution in [0.3, 0.4) is 0 Å². The number of carboxylic acids is 1. The van der Waals surface area contributed by atoms with Crippen LogP contribution in [0.1, 0.15) is 64.2 Å². The molecule has 7 nitrogen and oxygen atoms in total. The van der Waals surface area contributed by atoms with E-state index in [0.717, 1.165) is 16.7 Å². The van der Waals surface area contributed by atoms with Crippen molar-refractivity contribution in [1.29, 1.82) is 0 Å². The molecule has 1 atom stereocenters. The van der Waals surface area contributed by atoms with Crippen LogP contribution < -0.4 is 5.56 Å². The van der Waals surface area contributed by atoms with Crippen LogP contribution in [0, 0.1) is 6.92 Å². The van der Waals surface area contributed by atoms with Crippen molar-refractivity contribution in [3.8, 4) is 0 Å². The Balaban J connectivity index is 1.92. The fourth-order valence-corrected chi connectivity index (χ4v) is 4.01. The van der Waals surface area contributed by atoms with E-state index in [0.29, 0.717) is 29.7 Å². The lowest BCUT2D eigenvalue weighted by Crippen LogP contribution is -2.18. The number of Topliss-reactive ketones (excluding diaryl/α,β-unsaturated/α-hetero) is 1. The summed E-state index contributed by atoms with van der Waals surface area (Å²) in [5, 5.41) is 22.1. The van der Waals surface area contributed by atoms with Gasteiger partial charge in [-0.05, 0) is 36.1 Å². The standard InChI is InChI=1S/C27H28N2O5/c1-18-6-3-4-7-22(18)23(16-24(28-34)21-14-15-26(31)29(2)17-21)19-10-12-20(13-11-19)25(30)8-5-9-27(32)33/h3-4,6-7,10-15,17,23,34H,5,8-9,16H2,1-2H3,(H,32,33)/b28-24+. The maximum Gasteiger partial charge on any atom is 0.303 e. The average molecular weight is 461 g/mol. The van der Waals surface area contributed by atoms with E-state index >= 15 is 0 Å². The summed E-state index contributed by atoms with van der Waals surface area (Å²) in [5.41, 5.74) is 4.56. The minimum absolute atomic E-state index is 0.0342. The van der Waals surface area contributed by atoms with Crippen molar-refractivity contribution >= 4 is 17.5 Å². The number of rotatable bonds is 10. The minimum Gasteiger partial charge on any atom is -0.481 e. The van der Waals surface area contributed by atoms with E-state index < -0.39 is 5.97 Å². The molecule has 1 heterocycles. The van der Waals surface area contributed by atoms with Crippen LogP contribution in [0.15, 0.2) is 76.8 Å². The molecule has 0 aliphatic carbocycles. The van der Waals surface area contributed by atoms with Crippen LogP contribution in [0.2, 0.25) is 0 Å². The number of aromatic nitrogens is 1. The lowest BCUT2D eigenvalue weighted by Gasteiger charge is -2.21. The van der Waals surface area contributed by atoms with Gasteiger partial charge in [-0.1, -0.05) is 53.7 Å². The molecular formula is C27H28N2O5. The molecule has 0 radical (unpaired) electrons. The Morgan fingerprint density at radius 3 is 2.26 bits per heavy atom. The van der Waals surface area contributed by atoms with Gasteiger partial charge in [-0.3, -0.25) is 14.4 Å². The molecule has 3 rings (SSSR count). The van der Waals surface area contributed by atoms with Crippen LogP contribution in [0.25, 0.3) is 0 Å². The first-order valence-electron chi connectivity index (χ1n) is 11.1. The van der Waals surface area contributed by atoms with Gasteiger partial charge in [0.2, 0.25) is 5.56 Å². The molecule has 2 aromatic carbocycles. The second kappa shape index (κ2) is 11.2. The fourth-order valence-electron chi connectivity index (χ4n) is 4.01. The molecule has 34 heavy (non-hydrogen) atoms. The van der Waals surface area contributed by atoms with Crippen molar-refractivity contribution in [2.45, 2.75) is 38.5 Å². The number of pyridine rings is 1. The van der Waals surface area contributed by atoms with E-state index in [2.05, 4.69) is 5.16 Å². The third-order valence-corrected chi connectivity index (χ3v) is 5.93. The second-order valence-electron chi connectivity index (χ2n) is 8.32. The summed E-state index contributed by atoms with van der Waals surface area (Å²) in [4.78, 5) is 34.9. The number of carbonyl (C=O) groups is 2. The zero-order valence-corrected chi connectivity index (χ0v) is 19.3. The molecule has 0 spiro atoms. The highest BCUT2D eigenvalue weighted by Gasteiger charge is 2.21. The lowest BCUT2D eigenvalue weighted by molar-refractivity contribution is -0.137. The molecular weight excluding hydrogens is 432 g/mol. The molecule has 0 amide bonds. The summed E-state index contributed by atoms with van der Waals surface area (Å²) in [6.07, 6.45) is 2.47. The average Bonchev–Trinajstić information content (AvgIpc) is 2.82. The molecule has 176 valence electrons. The number of carboxylic acid groups (broad SMARTS) is 1. The maximum absolute atomic E-state index is 12.4. The molecule has 0 fully saturated rings. The number of benzene rings is 2. The Bertz CT molecular complexity index is 1260. The molecule has 0 aliphatic heterocycles. The summed E-state index contributed by atoms with van der Waals surface area (Å²) in [6.45, 7) is 2.02. The number of ketones is 1. The molecule has 0 saturated carbocycles. The fraction of sp³-hybridized carbons (Fsp3) is 0.259. The zero-order chi connectivity index (χ0) is 24.7. The van der Waals surface area contributed by atoms with E-state index in [1.165, 1.54) is 10.6 Å². The number of nitrogens with zero attached hydrogens (tertiary/aromatic N) is 2. The monoisotopic (exact) mass is 460 g/mol. The summed E-state index contributed by atoms with van der Waals surface area (Å²) < 4.78 is 1.44. The summed E-state index contributed by atoms with van der Waals surface area (Å²) in [5.74, 6) is -1.16. The Morgan fingerprint density at radius 1 is 0.971 bits per heavy atom. The van der Waals surface area contributed by atoms with Gasteiger partial charge >= 0.3 is 5.97 Å². The van der Waals surface area contributed by atoms with Crippen LogP contribution in [-0.4, -0.2) is 32.3 Å². The van der Waals surface area contributed by atoms with Gasteiger partial charge in [-0.15, -0.1) is 0 Å². The van der Waals surface area contributed by atoms with Gasteiger partial charge in [-0.2, -0.15) is 0 Å². The quantitative estimate of drug-likeness (QED) is 0.200.